The molecule has 0 aromatic carbocycles. The van der Waals surface area contributed by atoms with Gasteiger partial charge in [-0.3, -0.25) is 0 Å². The number of unbranched alkanes of at least 4 members (excludes halogenated alkanes) is 1. The maximum absolute atomic E-state index is 12.2. The van der Waals surface area contributed by atoms with Crippen molar-refractivity contribution >= 4 is 5.97 Å². The lowest BCUT2D eigenvalue weighted by atomic mass is 9.82. The Morgan fingerprint density at radius 1 is 1.17 bits per heavy atom. The third-order valence-corrected chi connectivity index (χ3v) is 6.46. The molecule has 2 atom stereocenters. The largest absolute Gasteiger partial charge is 0.510 e. The molecular formula is C25H44O5. The molecule has 30 heavy (non-hydrogen) atoms. The first-order chi connectivity index (χ1) is 14.2. The van der Waals surface area contributed by atoms with Gasteiger partial charge < -0.3 is 19.7 Å². The summed E-state index contributed by atoms with van der Waals surface area (Å²) in [6, 6.07) is 0. The Hall–Kier alpha value is -1.33. The van der Waals surface area contributed by atoms with Crippen LogP contribution in [0.25, 0.3) is 0 Å². The van der Waals surface area contributed by atoms with Gasteiger partial charge in [0.15, 0.2) is 5.60 Å². The molecule has 0 spiro atoms. The highest BCUT2D eigenvalue weighted by atomic mass is 16.5. The van der Waals surface area contributed by atoms with Crippen molar-refractivity contribution in [2.75, 3.05) is 14.2 Å². The smallest absolute Gasteiger partial charge is 0.338 e. The first kappa shape index (κ1) is 26.7. The average Bonchev–Trinajstić information content (AvgIpc) is 3.28. The minimum Gasteiger partial charge on any atom is -0.510 e. The second-order valence-electron chi connectivity index (χ2n) is 9.47. The molecule has 5 nitrogen and oxygen atoms in total. The van der Waals surface area contributed by atoms with Crippen LogP contribution in [0.15, 0.2) is 24.0 Å². The van der Waals surface area contributed by atoms with Crippen LogP contribution in [0.5, 0.6) is 0 Å². The molecule has 0 heterocycles. The van der Waals surface area contributed by atoms with E-state index in [1.165, 1.54) is 20.0 Å². The summed E-state index contributed by atoms with van der Waals surface area (Å²) in [4.78, 5) is 12.2. The number of ether oxygens (including phenoxy) is 2. The molecule has 1 aliphatic rings. The summed E-state index contributed by atoms with van der Waals surface area (Å²) in [5.74, 6) is -0.277. The maximum Gasteiger partial charge on any atom is 0.338 e. The van der Waals surface area contributed by atoms with Crippen molar-refractivity contribution < 1.29 is 24.5 Å². The van der Waals surface area contributed by atoms with Crippen molar-refractivity contribution in [1.29, 1.82) is 0 Å². The minimum atomic E-state index is -1.40. The summed E-state index contributed by atoms with van der Waals surface area (Å²) in [6.45, 7) is 6.64. The Balaban J connectivity index is 2.56. The molecule has 0 bridgehead atoms. The second-order valence-corrected chi connectivity index (χ2v) is 9.47. The van der Waals surface area contributed by atoms with Crippen molar-refractivity contribution in [3.8, 4) is 0 Å². The van der Waals surface area contributed by atoms with Crippen molar-refractivity contribution in [1.82, 2.24) is 0 Å². The molecule has 1 saturated carbocycles. The van der Waals surface area contributed by atoms with E-state index in [-0.39, 0.29) is 23.2 Å². The van der Waals surface area contributed by atoms with Crippen molar-refractivity contribution in [2.45, 2.75) is 103 Å². The van der Waals surface area contributed by atoms with Gasteiger partial charge in [-0.25, -0.2) is 4.79 Å². The molecular weight excluding hydrogens is 380 g/mol. The number of methoxy groups -OCH3 is 2. The fourth-order valence-electron chi connectivity index (χ4n) is 4.30. The van der Waals surface area contributed by atoms with E-state index in [4.69, 9.17) is 9.47 Å². The molecule has 2 N–H and O–H groups in total. The number of carbonyl (C=O) groups is 1. The van der Waals surface area contributed by atoms with Crippen LogP contribution in [0.3, 0.4) is 0 Å². The molecule has 1 unspecified atom stereocenters. The van der Waals surface area contributed by atoms with Crippen molar-refractivity contribution in [3.05, 3.63) is 24.0 Å². The van der Waals surface area contributed by atoms with E-state index in [0.717, 1.165) is 38.5 Å². The van der Waals surface area contributed by atoms with Gasteiger partial charge in [0, 0.05) is 7.11 Å². The van der Waals surface area contributed by atoms with Crippen LogP contribution < -0.4 is 0 Å². The normalized spacial score (nSPS) is 19.2. The van der Waals surface area contributed by atoms with Gasteiger partial charge in [-0.2, -0.15) is 0 Å². The Bertz CT molecular complexity index is 560. The summed E-state index contributed by atoms with van der Waals surface area (Å²) >= 11 is 0. The lowest BCUT2D eigenvalue weighted by molar-refractivity contribution is -0.169. The van der Waals surface area contributed by atoms with E-state index in [1.54, 1.807) is 7.11 Å². The van der Waals surface area contributed by atoms with E-state index in [1.807, 2.05) is 18.2 Å². The van der Waals surface area contributed by atoms with Crippen LogP contribution in [-0.4, -0.2) is 42.1 Å². The molecule has 0 aromatic rings. The van der Waals surface area contributed by atoms with Gasteiger partial charge in [-0.1, -0.05) is 58.6 Å². The number of aliphatic hydroxyl groups excluding tert-OH is 1. The van der Waals surface area contributed by atoms with Crippen molar-refractivity contribution in [3.63, 3.8) is 0 Å². The highest BCUT2D eigenvalue weighted by molar-refractivity contribution is 5.79. The van der Waals surface area contributed by atoms with Crippen molar-refractivity contribution in [2.24, 2.45) is 11.3 Å². The Kier molecular flexibility index (Phi) is 11.7. The molecule has 0 aliphatic heterocycles. The number of hydrogen-bond acceptors (Lipinski definition) is 5. The van der Waals surface area contributed by atoms with E-state index in [0.29, 0.717) is 19.3 Å². The fourth-order valence-corrected chi connectivity index (χ4v) is 4.30. The Labute approximate surface area is 183 Å². The number of rotatable bonds is 14. The first-order valence-corrected chi connectivity index (χ1v) is 11.6. The summed E-state index contributed by atoms with van der Waals surface area (Å²) in [7, 11) is 2.93. The maximum atomic E-state index is 12.2. The van der Waals surface area contributed by atoms with Gasteiger partial charge in [0.2, 0.25) is 0 Å². The number of hydrogen-bond donors (Lipinski definition) is 2. The molecule has 5 heteroatoms. The summed E-state index contributed by atoms with van der Waals surface area (Å²) in [6.07, 6.45) is 15.0. The van der Waals surface area contributed by atoms with Gasteiger partial charge in [0.05, 0.1) is 7.11 Å². The quantitative estimate of drug-likeness (QED) is 0.207. The third-order valence-electron chi connectivity index (χ3n) is 6.46. The van der Waals surface area contributed by atoms with Crippen LogP contribution in [-0.2, 0) is 14.3 Å². The van der Waals surface area contributed by atoms with Gasteiger partial charge in [0.25, 0.3) is 0 Å². The molecule has 0 amide bonds. The molecule has 0 radical (unpaired) electrons. The SMILES string of the molecule is CCCCC(C)(C)C/C=C(/O)C(C/C=C\CC[C@](O)(C(=O)OC)C1CCCC1)OC. The Morgan fingerprint density at radius 3 is 2.40 bits per heavy atom. The van der Waals surface area contributed by atoms with Crippen LogP contribution >= 0.6 is 0 Å². The lowest BCUT2D eigenvalue weighted by Crippen LogP contribution is -2.45. The van der Waals surface area contributed by atoms with Gasteiger partial charge >= 0.3 is 5.97 Å². The topological polar surface area (TPSA) is 76.0 Å². The molecule has 174 valence electrons. The zero-order valence-electron chi connectivity index (χ0n) is 19.8. The monoisotopic (exact) mass is 424 g/mol. The molecule has 0 saturated heterocycles. The zero-order valence-corrected chi connectivity index (χ0v) is 19.8. The van der Waals surface area contributed by atoms with E-state index in [2.05, 4.69) is 20.8 Å². The summed E-state index contributed by atoms with van der Waals surface area (Å²) < 4.78 is 10.3. The zero-order chi connectivity index (χ0) is 22.6. The minimum absolute atomic E-state index is 0.0203. The molecule has 0 aromatic heterocycles. The molecule has 1 aliphatic carbocycles. The number of allylic oxidation sites excluding steroid dienone is 2. The third kappa shape index (κ3) is 8.43. The lowest BCUT2D eigenvalue weighted by Gasteiger charge is -2.30. The highest BCUT2D eigenvalue weighted by Crippen LogP contribution is 2.37. The highest BCUT2D eigenvalue weighted by Gasteiger charge is 2.45. The van der Waals surface area contributed by atoms with Crippen LogP contribution in [0.4, 0.5) is 0 Å². The van der Waals surface area contributed by atoms with Crippen LogP contribution in [0, 0.1) is 11.3 Å². The predicted molar refractivity (Wildman–Crippen MR) is 121 cm³/mol. The van der Waals surface area contributed by atoms with E-state index in [9.17, 15) is 15.0 Å². The van der Waals surface area contributed by atoms with Crippen LogP contribution in [0.1, 0.15) is 91.4 Å². The fraction of sp³-hybridized carbons (Fsp3) is 0.800. The van der Waals surface area contributed by atoms with E-state index < -0.39 is 11.6 Å². The number of carbonyl (C=O) groups excluding carboxylic acids is 1. The average molecular weight is 425 g/mol. The standard InChI is InChI=1S/C25H44O5/c1-6-7-17-24(2,3)19-16-21(26)22(29-4)15-9-8-12-18-25(28,23(27)30-5)20-13-10-11-14-20/h8-9,16,20,22,26,28H,6-7,10-15,17-19H2,1-5H3/b9-8-,21-16+/t22?,25-/m1/s1. The number of aliphatic hydroxyl groups is 2. The summed E-state index contributed by atoms with van der Waals surface area (Å²) in [5, 5.41) is 21.4. The van der Waals surface area contributed by atoms with Gasteiger partial charge in [0.1, 0.15) is 11.9 Å². The first-order valence-electron chi connectivity index (χ1n) is 11.6. The molecule has 1 fully saturated rings. The molecule has 1 rings (SSSR count). The van der Waals surface area contributed by atoms with Gasteiger partial charge in [-0.15, -0.1) is 0 Å². The second kappa shape index (κ2) is 13.2. The van der Waals surface area contributed by atoms with E-state index >= 15 is 0 Å². The van der Waals surface area contributed by atoms with Gasteiger partial charge in [-0.05, 0) is 62.4 Å². The number of esters is 1. The predicted octanol–water partition coefficient (Wildman–Crippen LogP) is 5.87. The Morgan fingerprint density at radius 2 is 1.83 bits per heavy atom. The van der Waals surface area contributed by atoms with Crippen LogP contribution in [0.2, 0.25) is 0 Å². The summed E-state index contributed by atoms with van der Waals surface area (Å²) in [5.41, 5.74) is -1.24.